The number of aryl methyl sites for hydroxylation is 1. The first-order valence-electron chi connectivity index (χ1n) is 7.43. The molecular formula is C18H20N2O4. The summed E-state index contributed by atoms with van der Waals surface area (Å²) in [6, 6.07) is 12.0. The Morgan fingerprint density at radius 3 is 2.29 bits per heavy atom. The van der Waals surface area contributed by atoms with Gasteiger partial charge in [-0.2, -0.15) is 0 Å². The van der Waals surface area contributed by atoms with E-state index in [0.29, 0.717) is 29.2 Å². The van der Waals surface area contributed by atoms with Crippen LogP contribution in [0.2, 0.25) is 0 Å². The highest BCUT2D eigenvalue weighted by molar-refractivity contribution is 5.96. The van der Waals surface area contributed by atoms with Crippen LogP contribution in [0.3, 0.4) is 0 Å². The average Bonchev–Trinajstić information content (AvgIpc) is 2.59. The van der Waals surface area contributed by atoms with Gasteiger partial charge in [-0.05, 0) is 42.3 Å². The molecule has 0 fully saturated rings. The number of hydrogen-bond donors (Lipinski definition) is 2. The molecule has 0 spiro atoms. The van der Waals surface area contributed by atoms with Crippen LogP contribution in [-0.2, 0) is 11.2 Å². The van der Waals surface area contributed by atoms with Crippen molar-refractivity contribution in [3.63, 3.8) is 0 Å². The Morgan fingerprint density at radius 2 is 1.71 bits per heavy atom. The van der Waals surface area contributed by atoms with Crippen LogP contribution in [0.25, 0.3) is 0 Å². The number of carbonyl (C=O) groups is 2. The van der Waals surface area contributed by atoms with E-state index in [9.17, 15) is 9.59 Å². The third-order valence-electron chi connectivity index (χ3n) is 3.48. The van der Waals surface area contributed by atoms with Crippen molar-refractivity contribution < 1.29 is 19.1 Å². The molecule has 0 unspecified atom stereocenters. The minimum atomic E-state index is -0.533. The van der Waals surface area contributed by atoms with E-state index in [1.54, 1.807) is 44.6 Å². The molecule has 0 aliphatic rings. The third-order valence-corrected chi connectivity index (χ3v) is 3.48. The molecule has 0 aliphatic carbocycles. The topological polar surface area (TPSA) is 90.6 Å². The molecule has 2 aromatic carbocycles. The maximum absolute atomic E-state index is 12.1. The van der Waals surface area contributed by atoms with Crippen molar-refractivity contribution in [2.75, 3.05) is 19.5 Å². The molecule has 24 heavy (non-hydrogen) atoms. The van der Waals surface area contributed by atoms with Crippen molar-refractivity contribution in [2.24, 2.45) is 5.73 Å². The van der Waals surface area contributed by atoms with Gasteiger partial charge in [-0.1, -0.05) is 6.07 Å². The van der Waals surface area contributed by atoms with Gasteiger partial charge in [0.25, 0.3) is 0 Å². The van der Waals surface area contributed by atoms with E-state index in [-0.39, 0.29) is 12.3 Å². The molecule has 0 aliphatic heterocycles. The second kappa shape index (κ2) is 8.01. The number of hydrogen-bond acceptors (Lipinski definition) is 4. The predicted molar refractivity (Wildman–Crippen MR) is 91.5 cm³/mol. The number of ether oxygens (including phenoxy) is 2. The smallest absolute Gasteiger partial charge is 0.248 e. The zero-order valence-electron chi connectivity index (χ0n) is 13.7. The summed E-state index contributed by atoms with van der Waals surface area (Å²) < 4.78 is 10.4. The molecule has 0 aromatic heterocycles. The fraction of sp³-hybridized carbons (Fsp3) is 0.222. The minimum Gasteiger partial charge on any atom is -0.497 e. The molecule has 126 valence electrons. The van der Waals surface area contributed by atoms with Crippen LogP contribution in [0.15, 0.2) is 42.5 Å². The van der Waals surface area contributed by atoms with Crippen LogP contribution in [0.5, 0.6) is 11.5 Å². The molecule has 0 radical (unpaired) electrons. The zero-order chi connectivity index (χ0) is 17.5. The van der Waals surface area contributed by atoms with Gasteiger partial charge in [0.2, 0.25) is 11.8 Å². The van der Waals surface area contributed by atoms with Crippen LogP contribution in [-0.4, -0.2) is 26.0 Å². The number of primary amides is 1. The number of benzene rings is 2. The number of anilines is 1. The van der Waals surface area contributed by atoms with E-state index in [4.69, 9.17) is 15.2 Å². The Bertz CT molecular complexity index is 721. The third kappa shape index (κ3) is 4.74. The normalized spacial score (nSPS) is 10.1. The summed E-state index contributed by atoms with van der Waals surface area (Å²) in [6.45, 7) is 0. The molecule has 0 saturated carbocycles. The number of nitrogens with one attached hydrogen (secondary N) is 1. The lowest BCUT2D eigenvalue weighted by Gasteiger charge is -2.09. The van der Waals surface area contributed by atoms with Gasteiger partial charge in [0.1, 0.15) is 11.5 Å². The molecule has 0 atom stereocenters. The van der Waals surface area contributed by atoms with Crippen molar-refractivity contribution in [1.29, 1.82) is 0 Å². The monoisotopic (exact) mass is 328 g/mol. The van der Waals surface area contributed by atoms with Crippen LogP contribution in [0, 0.1) is 0 Å². The SMILES string of the molecule is COc1cc(CCC(=O)Nc2cccc(C(N)=O)c2)cc(OC)c1. The second-order valence-electron chi connectivity index (χ2n) is 5.21. The highest BCUT2D eigenvalue weighted by Crippen LogP contribution is 2.23. The van der Waals surface area contributed by atoms with Crippen LogP contribution in [0.1, 0.15) is 22.3 Å². The molecule has 6 heteroatoms. The van der Waals surface area contributed by atoms with Crippen LogP contribution >= 0.6 is 0 Å². The fourth-order valence-electron chi connectivity index (χ4n) is 2.24. The molecule has 2 amide bonds. The largest absolute Gasteiger partial charge is 0.497 e. The van der Waals surface area contributed by atoms with Crippen molar-refractivity contribution in [2.45, 2.75) is 12.8 Å². The predicted octanol–water partition coefficient (Wildman–Crippen LogP) is 2.37. The second-order valence-corrected chi connectivity index (χ2v) is 5.21. The first-order chi connectivity index (χ1) is 11.5. The lowest BCUT2D eigenvalue weighted by atomic mass is 10.1. The minimum absolute atomic E-state index is 0.154. The highest BCUT2D eigenvalue weighted by Gasteiger charge is 2.08. The van der Waals surface area contributed by atoms with Gasteiger partial charge in [-0.15, -0.1) is 0 Å². The average molecular weight is 328 g/mol. The van der Waals surface area contributed by atoms with Gasteiger partial charge in [0, 0.05) is 23.7 Å². The number of nitrogens with two attached hydrogens (primary N) is 1. The molecule has 0 heterocycles. The fourth-order valence-corrected chi connectivity index (χ4v) is 2.24. The lowest BCUT2D eigenvalue weighted by Crippen LogP contribution is -2.14. The van der Waals surface area contributed by atoms with E-state index in [2.05, 4.69) is 5.32 Å². The van der Waals surface area contributed by atoms with E-state index in [1.165, 1.54) is 0 Å². The van der Waals surface area contributed by atoms with Crippen LogP contribution in [0.4, 0.5) is 5.69 Å². The number of amides is 2. The summed E-state index contributed by atoms with van der Waals surface area (Å²) in [6.07, 6.45) is 0.825. The van der Waals surface area contributed by atoms with Crippen molar-refractivity contribution in [1.82, 2.24) is 0 Å². The van der Waals surface area contributed by atoms with E-state index in [0.717, 1.165) is 5.56 Å². The van der Waals surface area contributed by atoms with Gasteiger partial charge in [0.05, 0.1) is 14.2 Å². The molecular weight excluding hydrogens is 308 g/mol. The van der Waals surface area contributed by atoms with Crippen molar-refractivity contribution >= 4 is 17.5 Å². The van der Waals surface area contributed by atoms with Gasteiger partial charge >= 0.3 is 0 Å². The highest BCUT2D eigenvalue weighted by atomic mass is 16.5. The Kier molecular flexibility index (Phi) is 5.78. The Hall–Kier alpha value is -3.02. The van der Waals surface area contributed by atoms with E-state index < -0.39 is 5.91 Å². The van der Waals surface area contributed by atoms with Crippen LogP contribution < -0.4 is 20.5 Å². The van der Waals surface area contributed by atoms with Gasteiger partial charge in [0.15, 0.2) is 0 Å². The van der Waals surface area contributed by atoms with Gasteiger partial charge < -0.3 is 20.5 Å². The molecule has 0 saturated heterocycles. The summed E-state index contributed by atoms with van der Waals surface area (Å²) in [4.78, 5) is 23.2. The summed E-state index contributed by atoms with van der Waals surface area (Å²) in [7, 11) is 3.16. The maximum atomic E-state index is 12.1. The summed E-state index contributed by atoms with van der Waals surface area (Å²) in [5.74, 6) is 0.672. The van der Waals surface area contributed by atoms with Gasteiger partial charge in [-0.25, -0.2) is 0 Å². The first kappa shape index (κ1) is 17.3. The lowest BCUT2D eigenvalue weighted by molar-refractivity contribution is -0.116. The van der Waals surface area contributed by atoms with Gasteiger partial charge in [-0.3, -0.25) is 9.59 Å². The Labute approximate surface area is 140 Å². The summed E-state index contributed by atoms with van der Waals surface area (Å²) in [5, 5.41) is 2.76. The molecule has 0 bridgehead atoms. The standard InChI is InChI=1S/C18H20N2O4/c1-23-15-8-12(9-16(11-15)24-2)6-7-17(21)20-14-5-3-4-13(10-14)18(19)22/h3-5,8-11H,6-7H2,1-2H3,(H2,19,22)(H,20,21). The van der Waals surface area contributed by atoms with E-state index in [1.807, 2.05) is 12.1 Å². The first-order valence-corrected chi connectivity index (χ1v) is 7.43. The quantitative estimate of drug-likeness (QED) is 0.816. The molecule has 3 N–H and O–H groups in total. The number of rotatable bonds is 7. The maximum Gasteiger partial charge on any atom is 0.248 e. The molecule has 6 nitrogen and oxygen atoms in total. The summed E-state index contributed by atoms with van der Waals surface area (Å²) >= 11 is 0. The molecule has 2 rings (SSSR count). The Balaban J connectivity index is 1.98. The zero-order valence-corrected chi connectivity index (χ0v) is 13.7. The molecule has 2 aromatic rings. The number of carbonyl (C=O) groups excluding carboxylic acids is 2. The Morgan fingerprint density at radius 1 is 1.04 bits per heavy atom. The summed E-state index contributed by atoms with van der Waals surface area (Å²) in [5.41, 5.74) is 7.06. The van der Waals surface area contributed by atoms with Crippen molar-refractivity contribution in [3.8, 4) is 11.5 Å². The van der Waals surface area contributed by atoms with Crippen molar-refractivity contribution in [3.05, 3.63) is 53.6 Å². The van der Waals surface area contributed by atoms with E-state index >= 15 is 0 Å². The number of methoxy groups -OCH3 is 2.